The Hall–Kier alpha value is -3.30. The fourth-order valence-electron chi connectivity index (χ4n) is 3.39. The van der Waals surface area contributed by atoms with Crippen molar-refractivity contribution in [2.24, 2.45) is 5.92 Å². The van der Waals surface area contributed by atoms with Crippen molar-refractivity contribution in [2.45, 2.75) is 19.4 Å². The second-order valence-electron chi connectivity index (χ2n) is 7.25. The van der Waals surface area contributed by atoms with Gasteiger partial charge in [0.1, 0.15) is 6.29 Å². The summed E-state index contributed by atoms with van der Waals surface area (Å²) < 4.78 is 10.4. The van der Waals surface area contributed by atoms with Crippen LogP contribution in [0.2, 0.25) is 0 Å². The molecule has 0 aromatic heterocycles. The molecule has 164 valence electrons. The molecule has 3 rings (SSSR count). The summed E-state index contributed by atoms with van der Waals surface area (Å²) in [7, 11) is 0.193. The number of hydrogen-bond donors (Lipinski definition) is 0. The number of esters is 2. The minimum Gasteiger partial charge on any atom is -0.466 e. The Balaban J connectivity index is 2.03. The Morgan fingerprint density at radius 3 is 1.94 bits per heavy atom. The molecule has 0 N–H and O–H groups in total. The van der Waals surface area contributed by atoms with Crippen LogP contribution in [0.5, 0.6) is 0 Å². The highest BCUT2D eigenvalue weighted by atomic mass is 31.1. The van der Waals surface area contributed by atoms with Crippen LogP contribution in [0.25, 0.3) is 0 Å². The molecular weight excluding hydrogens is 423 g/mol. The van der Waals surface area contributed by atoms with Gasteiger partial charge in [-0.15, -0.1) is 0 Å². The molecule has 3 aromatic rings. The van der Waals surface area contributed by atoms with Crippen LogP contribution in [0.1, 0.15) is 23.7 Å². The van der Waals surface area contributed by atoms with Crippen LogP contribution in [-0.4, -0.2) is 31.4 Å². The summed E-state index contributed by atoms with van der Waals surface area (Å²) in [6, 6.07) is 27.3. The van der Waals surface area contributed by atoms with Gasteiger partial charge in [0.15, 0.2) is 0 Å². The van der Waals surface area contributed by atoms with E-state index in [1.807, 2.05) is 72.8 Å². The fraction of sp³-hybridized carbons (Fsp3) is 0.192. The minimum atomic E-state index is -1.16. The summed E-state index contributed by atoms with van der Waals surface area (Å²) in [5.74, 6) is -1.80. The highest BCUT2D eigenvalue weighted by Crippen LogP contribution is 2.34. The molecule has 6 heteroatoms. The molecular formula is C26H25O5P. The highest BCUT2D eigenvalue weighted by molar-refractivity contribution is 7.80. The summed E-state index contributed by atoms with van der Waals surface area (Å²) >= 11 is 0. The summed E-state index contributed by atoms with van der Waals surface area (Å²) in [6.45, 7) is 1.68. The standard InChI is InChI=1S/C26H25O5P/c1-19(17-18-27)24(26(29)30-2)31-25(28)22-15-9-10-16-23(22)32(20-11-5-3-6-12-20)21-13-7-4-8-14-21/h3-16,18-19,24H,17H2,1-2H3/t19-,24+/m1/s1. The molecule has 0 amide bonds. The second kappa shape index (κ2) is 11.4. The number of aldehydes is 1. The van der Waals surface area contributed by atoms with Gasteiger partial charge < -0.3 is 14.3 Å². The van der Waals surface area contributed by atoms with E-state index in [2.05, 4.69) is 0 Å². The van der Waals surface area contributed by atoms with Gasteiger partial charge in [0.05, 0.1) is 12.7 Å². The Labute approximate surface area is 189 Å². The first-order chi connectivity index (χ1) is 15.6. The van der Waals surface area contributed by atoms with Gasteiger partial charge in [0.2, 0.25) is 6.10 Å². The van der Waals surface area contributed by atoms with E-state index in [-0.39, 0.29) is 6.42 Å². The Morgan fingerprint density at radius 1 is 0.875 bits per heavy atom. The van der Waals surface area contributed by atoms with Crippen LogP contribution in [0.15, 0.2) is 84.9 Å². The van der Waals surface area contributed by atoms with Gasteiger partial charge in [-0.2, -0.15) is 0 Å². The van der Waals surface area contributed by atoms with Crippen LogP contribution < -0.4 is 15.9 Å². The maximum absolute atomic E-state index is 13.3. The van der Waals surface area contributed by atoms with Crippen LogP contribution in [0, 0.1) is 5.92 Å². The molecule has 0 radical (unpaired) electrons. The van der Waals surface area contributed by atoms with Crippen molar-refractivity contribution in [1.82, 2.24) is 0 Å². The van der Waals surface area contributed by atoms with Crippen molar-refractivity contribution in [2.75, 3.05) is 7.11 Å². The topological polar surface area (TPSA) is 69.7 Å². The van der Waals surface area contributed by atoms with E-state index in [4.69, 9.17) is 9.47 Å². The van der Waals surface area contributed by atoms with E-state index in [0.717, 1.165) is 15.9 Å². The predicted octanol–water partition coefficient (Wildman–Crippen LogP) is 3.37. The molecule has 2 atom stereocenters. The number of hydrogen-bond acceptors (Lipinski definition) is 5. The lowest BCUT2D eigenvalue weighted by atomic mass is 10.0. The average molecular weight is 448 g/mol. The number of benzene rings is 3. The summed E-state index contributed by atoms with van der Waals surface area (Å²) in [4.78, 5) is 36.5. The largest absolute Gasteiger partial charge is 0.466 e. The van der Waals surface area contributed by atoms with Crippen LogP contribution in [0.4, 0.5) is 0 Å². The molecule has 0 spiro atoms. The molecule has 0 bridgehead atoms. The van der Waals surface area contributed by atoms with E-state index in [1.165, 1.54) is 7.11 Å². The molecule has 5 nitrogen and oxygen atoms in total. The zero-order valence-electron chi connectivity index (χ0n) is 18.0. The molecule has 0 unspecified atom stereocenters. The first-order valence-electron chi connectivity index (χ1n) is 10.3. The number of carbonyl (C=O) groups excluding carboxylic acids is 3. The van der Waals surface area contributed by atoms with E-state index in [9.17, 15) is 14.4 Å². The Bertz CT molecular complexity index is 1010. The van der Waals surface area contributed by atoms with Crippen molar-refractivity contribution in [3.8, 4) is 0 Å². The van der Waals surface area contributed by atoms with Gasteiger partial charge in [0, 0.05) is 12.3 Å². The van der Waals surface area contributed by atoms with Crippen molar-refractivity contribution in [1.29, 1.82) is 0 Å². The smallest absolute Gasteiger partial charge is 0.347 e. The second-order valence-corrected chi connectivity index (χ2v) is 9.44. The number of ether oxygens (including phenoxy) is 2. The molecule has 0 aliphatic heterocycles. The molecule has 3 aromatic carbocycles. The maximum Gasteiger partial charge on any atom is 0.347 e. The maximum atomic E-state index is 13.3. The Morgan fingerprint density at radius 2 is 1.41 bits per heavy atom. The zero-order valence-corrected chi connectivity index (χ0v) is 18.9. The normalized spacial score (nSPS) is 12.6. The lowest BCUT2D eigenvalue weighted by Crippen LogP contribution is -2.36. The minimum absolute atomic E-state index is 0.0788. The predicted molar refractivity (Wildman–Crippen MR) is 126 cm³/mol. The van der Waals surface area contributed by atoms with Gasteiger partial charge in [-0.3, -0.25) is 0 Å². The highest BCUT2D eigenvalue weighted by Gasteiger charge is 2.32. The third-order valence-corrected chi connectivity index (χ3v) is 7.55. The zero-order chi connectivity index (χ0) is 22.9. The summed E-state index contributed by atoms with van der Waals surface area (Å²) in [5, 5.41) is 3.01. The van der Waals surface area contributed by atoms with Crippen molar-refractivity contribution in [3.63, 3.8) is 0 Å². The quantitative estimate of drug-likeness (QED) is 0.285. The molecule has 0 heterocycles. The van der Waals surface area contributed by atoms with Crippen molar-refractivity contribution in [3.05, 3.63) is 90.5 Å². The SMILES string of the molecule is COC(=O)[C@@H](OC(=O)c1ccccc1P(c1ccccc1)c1ccccc1)[C@H](C)CC=O. The molecule has 0 saturated carbocycles. The number of rotatable bonds is 9. The fourth-order valence-corrected chi connectivity index (χ4v) is 5.83. The third kappa shape index (κ3) is 5.49. The van der Waals surface area contributed by atoms with E-state index >= 15 is 0 Å². The molecule has 0 saturated heterocycles. The monoisotopic (exact) mass is 448 g/mol. The molecule has 0 aliphatic carbocycles. The van der Waals surface area contributed by atoms with Gasteiger partial charge in [-0.25, -0.2) is 9.59 Å². The van der Waals surface area contributed by atoms with Crippen LogP contribution in [0.3, 0.4) is 0 Å². The van der Waals surface area contributed by atoms with Gasteiger partial charge in [0.25, 0.3) is 0 Å². The first kappa shape index (κ1) is 23.4. The van der Waals surface area contributed by atoms with Gasteiger partial charge in [-0.1, -0.05) is 85.8 Å². The number of methoxy groups -OCH3 is 1. The first-order valence-corrected chi connectivity index (χ1v) is 11.6. The van der Waals surface area contributed by atoms with Crippen LogP contribution in [-0.2, 0) is 19.1 Å². The van der Waals surface area contributed by atoms with Crippen LogP contribution >= 0.6 is 7.92 Å². The molecule has 0 aliphatic rings. The average Bonchev–Trinajstić information content (AvgIpc) is 2.84. The van der Waals surface area contributed by atoms with Gasteiger partial charge in [-0.05, 0) is 29.9 Å². The van der Waals surface area contributed by atoms with E-state index in [0.29, 0.717) is 11.8 Å². The summed E-state index contributed by atoms with van der Waals surface area (Å²) in [6.07, 6.45) is -0.382. The third-order valence-electron chi connectivity index (χ3n) is 5.05. The molecule has 0 fully saturated rings. The lowest BCUT2D eigenvalue weighted by molar-refractivity contribution is -0.153. The van der Waals surface area contributed by atoms with Crippen molar-refractivity contribution < 1.29 is 23.9 Å². The Kier molecular flexibility index (Phi) is 8.29. The van der Waals surface area contributed by atoms with Crippen molar-refractivity contribution >= 4 is 42.1 Å². The molecule has 32 heavy (non-hydrogen) atoms. The summed E-state index contributed by atoms with van der Waals surface area (Å²) in [5.41, 5.74) is 0.388. The van der Waals surface area contributed by atoms with E-state index < -0.39 is 31.9 Å². The van der Waals surface area contributed by atoms with Gasteiger partial charge >= 0.3 is 11.9 Å². The number of carbonyl (C=O) groups is 3. The van der Waals surface area contributed by atoms with E-state index in [1.54, 1.807) is 19.1 Å². The lowest BCUT2D eigenvalue weighted by Gasteiger charge is -2.24.